The van der Waals surface area contributed by atoms with E-state index in [1.807, 2.05) is 0 Å². The van der Waals surface area contributed by atoms with Gasteiger partial charge in [0.05, 0.1) is 6.54 Å². The number of halogens is 1. The first-order valence-corrected chi connectivity index (χ1v) is 4.92. The summed E-state index contributed by atoms with van der Waals surface area (Å²) in [4.78, 5) is 2.44. The molecular formula is C7H11BrNO+. The van der Waals surface area contributed by atoms with Crippen LogP contribution in [0.3, 0.4) is 0 Å². The molecule has 0 aromatic rings. The first-order chi connectivity index (χ1) is 4.86. The third kappa shape index (κ3) is 0.532. The Labute approximate surface area is 68.7 Å². The first kappa shape index (κ1) is 5.98. The molecule has 3 aliphatic heterocycles. The normalized spacial score (nSPS) is 63.9. The van der Waals surface area contributed by atoms with E-state index in [2.05, 4.69) is 15.9 Å². The molecule has 3 heteroatoms. The molecular weight excluding hydrogens is 194 g/mol. The SMILES string of the molecule is BrC1C2C[NH+]3CCC(O2)C13. The number of nitrogens with one attached hydrogen (secondary N) is 1. The van der Waals surface area contributed by atoms with E-state index in [4.69, 9.17) is 4.74 Å². The summed E-state index contributed by atoms with van der Waals surface area (Å²) < 4.78 is 5.80. The zero-order valence-electron chi connectivity index (χ0n) is 5.72. The molecule has 2 bridgehead atoms. The Morgan fingerprint density at radius 2 is 2.30 bits per heavy atom. The van der Waals surface area contributed by atoms with Crippen LogP contribution >= 0.6 is 15.9 Å². The maximum absolute atomic E-state index is 5.80. The number of hydrogen-bond donors (Lipinski definition) is 1. The molecule has 0 aromatic carbocycles. The maximum atomic E-state index is 5.80. The summed E-state index contributed by atoms with van der Waals surface area (Å²) >= 11 is 3.71. The standard InChI is InChI=1S/C7H10BrNO/c8-6-5-3-9-2-1-4(10-5)7(6)9/h4-7H,1-3H2/p+1. The Morgan fingerprint density at radius 3 is 2.90 bits per heavy atom. The Hall–Kier alpha value is 0.400. The summed E-state index contributed by atoms with van der Waals surface area (Å²) in [6.07, 6.45) is 2.42. The molecule has 0 aromatic heterocycles. The molecule has 3 heterocycles. The van der Waals surface area contributed by atoms with Gasteiger partial charge in [-0.25, -0.2) is 0 Å². The van der Waals surface area contributed by atoms with Gasteiger partial charge in [0.2, 0.25) is 0 Å². The molecule has 0 radical (unpaired) electrons. The second-order valence-electron chi connectivity index (χ2n) is 3.58. The topological polar surface area (TPSA) is 13.7 Å². The van der Waals surface area contributed by atoms with E-state index >= 15 is 0 Å². The van der Waals surface area contributed by atoms with Crippen LogP contribution in [0.2, 0.25) is 0 Å². The van der Waals surface area contributed by atoms with Gasteiger partial charge in [0.15, 0.2) is 0 Å². The van der Waals surface area contributed by atoms with Gasteiger partial charge in [0.25, 0.3) is 0 Å². The fourth-order valence-electron chi connectivity index (χ4n) is 2.71. The zero-order chi connectivity index (χ0) is 6.72. The van der Waals surface area contributed by atoms with Gasteiger partial charge in [-0.05, 0) is 0 Å². The van der Waals surface area contributed by atoms with Gasteiger partial charge in [0, 0.05) is 6.42 Å². The molecule has 0 spiro atoms. The molecule has 0 saturated carbocycles. The molecule has 5 unspecified atom stereocenters. The van der Waals surface area contributed by atoms with Crippen LogP contribution in [-0.4, -0.2) is 36.2 Å². The van der Waals surface area contributed by atoms with Crippen LogP contribution in [0.4, 0.5) is 0 Å². The van der Waals surface area contributed by atoms with Crippen molar-refractivity contribution in [2.75, 3.05) is 13.1 Å². The lowest BCUT2D eigenvalue weighted by atomic mass is 10.1. The molecule has 1 N–H and O–H groups in total. The van der Waals surface area contributed by atoms with E-state index in [1.165, 1.54) is 19.5 Å². The average molecular weight is 205 g/mol. The van der Waals surface area contributed by atoms with Gasteiger partial charge in [-0.3, -0.25) is 0 Å². The number of fused-ring (bicyclic) bond motifs is 1. The van der Waals surface area contributed by atoms with E-state index in [-0.39, 0.29) is 0 Å². The van der Waals surface area contributed by atoms with Crippen molar-refractivity contribution in [2.24, 2.45) is 0 Å². The van der Waals surface area contributed by atoms with Crippen LogP contribution in [0.25, 0.3) is 0 Å². The third-order valence-electron chi connectivity index (χ3n) is 3.13. The molecule has 0 amide bonds. The molecule has 5 atom stereocenters. The molecule has 3 fully saturated rings. The lowest BCUT2D eigenvalue weighted by molar-refractivity contribution is -0.906. The number of rotatable bonds is 0. The quantitative estimate of drug-likeness (QED) is 0.510. The summed E-state index contributed by atoms with van der Waals surface area (Å²) in [5.41, 5.74) is 0. The highest BCUT2D eigenvalue weighted by Gasteiger charge is 2.59. The van der Waals surface area contributed by atoms with Crippen LogP contribution in [0.5, 0.6) is 0 Å². The summed E-state index contributed by atoms with van der Waals surface area (Å²) in [5.74, 6) is 0. The Bertz CT molecular complexity index is 158. The van der Waals surface area contributed by atoms with Crippen LogP contribution in [0.15, 0.2) is 0 Å². The lowest BCUT2D eigenvalue weighted by Crippen LogP contribution is -3.13. The van der Waals surface area contributed by atoms with Crippen LogP contribution in [0, 0.1) is 0 Å². The smallest absolute Gasteiger partial charge is 0.130 e. The fourth-order valence-corrected chi connectivity index (χ4v) is 3.73. The Morgan fingerprint density at radius 1 is 1.40 bits per heavy atom. The highest BCUT2D eigenvalue weighted by molar-refractivity contribution is 9.09. The Balaban J connectivity index is 2.01. The van der Waals surface area contributed by atoms with Crippen LogP contribution in [-0.2, 0) is 4.74 Å². The minimum atomic E-state index is 0.535. The van der Waals surface area contributed by atoms with E-state index in [1.54, 1.807) is 4.90 Å². The average Bonchev–Trinajstić information content (AvgIpc) is 2.44. The third-order valence-corrected chi connectivity index (χ3v) is 4.29. The van der Waals surface area contributed by atoms with Crippen molar-refractivity contribution in [1.82, 2.24) is 0 Å². The van der Waals surface area contributed by atoms with Crippen molar-refractivity contribution in [2.45, 2.75) is 29.5 Å². The van der Waals surface area contributed by atoms with E-state index in [0.717, 1.165) is 6.04 Å². The van der Waals surface area contributed by atoms with Crippen molar-refractivity contribution < 1.29 is 9.64 Å². The van der Waals surface area contributed by atoms with Crippen LogP contribution < -0.4 is 4.90 Å². The Kier molecular flexibility index (Phi) is 1.05. The van der Waals surface area contributed by atoms with Gasteiger partial charge in [-0.2, -0.15) is 0 Å². The number of ether oxygens (including phenoxy) is 1. The monoisotopic (exact) mass is 204 g/mol. The van der Waals surface area contributed by atoms with E-state index in [0.29, 0.717) is 17.0 Å². The molecule has 56 valence electrons. The summed E-state index contributed by atoms with van der Waals surface area (Å²) in [7, 11) is 0. The van der Waals surface area contributed by atoms with Crippen molar-refractivity contribution in [3.05, 3.63) is 0 Å². The second kappa shape index (κ2) is 1.76. The van der Waals surface area contributed by atoms with Crippen molar-refractivity contribution >= 4 is 15.9 Å². The van der Waals surface area contributed by atoms with Crippen molar-refractivity contribution in [3.8, 4) is 0 Å². The van der Waals surface area contributed by atoms with Gasteiger partial charge in [-0.15, -0.1) is 0 Å². The van der Waals surface area contributed by atoms with Gasteiger partial charge >= 0.3 is 0 Å². The molecule has 0 aliphatic carbocycles. The minimum absolute atomic E-state index is 0.535. The molecule has 3 rings (SSSR count). The molecule has 3 aliphatic rings. The van der Waals surface area contributed by atoms with Crippen molar-refractivity contribution in [3.63, 3.8) is 0 Å². The number of morpholine rings is 1. The van der Waals surface area contributed by atoms with Crippen LogP contribution in [0.1, 0.15) is 6.42 Å². The molecule has 2 nitrogen and oxygen atoms in total. The minimum Gasteiger partial charge on any atom is -0.361 e. The van der Waals surface area contributed by atoms with Gasteiger partial charge < -0.3 is 9.64 Å². The fraction of sp³-hybridized carbons (Fsp3) is 1.00. The summed E-state index contributed by atoms with van der Waals surface area (Å²) in [5, 5.41) is 0. The lowest BCUT2D eigenvalue weighted by Gasteiger charge is -2.18. The predicted octanol–water partition coefficient (Wildman–Crippen LogP) is -0.812. The molecule has 3 saturated heterocycles. The van der Waals surface area contributed by atoms with Gasteiger partial charge in [-0.1, -0.05) is 15.9 Å². The summed E-state index contributed by atoms with van der Waals surface area (Å²) in [6, 6.07) is 0.796. The maximum Gasteiger partial charge on any atom is 0.130 e. The second-order valence-corrected chi connectivity index (χ2v) is 4.64. The first-order valence-electron chi connectivity index (χ1n) is 4.00. The predicted molar refractivity (Wildman–Crippen MR) is 40.5 cm³/mol. The van der Waals surface area contributed by atoms with Crippen molar-refractivity contribution in [1.29, 1.82) is 0 Å². The van der Waals surface area contributed by atoms with Gasteiger partial charge in [0.1, 0.15) is 29.6 Å². The largest absolute Gasteiger partial charge is 0.361 e. The highest BCUT2D eigenvalue weighted by atomic mass is 79.9. The van der Waals surface area contributed by atoms with E-state index in [9.17, 15) is 0 Å². The van der Waals surface area contributed by atoms with E-state index < -0.39 is 0 Å². The highest BCUT2D eigenvalue weighted by Crippen LogP contribution is 2.33. The number of quaternary nitrogens is 1. The zero-order valence-corrected chi connectivity index (χ0v) is 7.30. The number of hydrogen-bond acceptors (Lipinski definition) is 1. The molecule has 10 heavy (non-hydrogen) atoms. The number of alkyl halides is 1. The summed E-state index contributed by atoms with van der Waals surface area (Å²) in [6.45, 7) is 2.59.